The molecule has 0 aliphatic carbocycles. The van der Waals surface area contributed by atoms with Crippen LogP contribution < -0.4 is 5.56 Å². The number of para-hydroxylation sites is 1. The summed E-state index contributed by atoms with van der Waals surface area (Å²) in [6, 6.07) is 50.6. The summed E-state index contributed by atoms with van der Waals surface area (Å²) in [7, 11) is 0. The Bertz CT molecular complexity index is 2650. The molecule has 6 heteroatoms. The summed E-state index contributed by atoms with van der Waals surface area (Å²) in [5, 5.41) is 3.64. The Kier molecular flexibility index (Phi) is 6.18. The molecular weight excluding hydrogens is 578 g/mol. The van der Waals surface area contributed by atoms with Gasteiger partial charge in [-0.2, -0.15) is 4.98 Å². The van der Waals surface area contributed by atoms with Crippen LogP contribution in [0.5, 0.6) is 0 Å². The second-order valence-corrected chi connectivity index (χ2v) is 11.5. The summed E-state index contributed by atoms with van der Waals surface area (Å²) in [4.78, 5) is 32.3. The predicted octanol–water partition coefficient (Wildman–Crippen LogP) is 9.01. The molecule has 3 aromatic heterocycles. The third kappa shape index (κ3) is 4.54. The van der Waals surface area contributed by atoms with Crippen LogP contribution in [0.15, 0.2) is 156 Å². The van der Waals surface area contributed by atoms with Crippen molar-refractivity contribution in [3.63, 3.8) is 0 Å². The Morgan fingerprint density at radius 2 is 0.872 bits per heavy atom. The van der Waals surface area contributed by atoms with Gasteiger partial charge in [-0.1, -0.05) is 121 Å². The summed E-state index contributed by atoms with van der Waals surface area (Å²) >= 11 is 0. The normalized spacial score (nSPS) is 11.5. The van der Waals surface area contributed by atoms with Crippen LogP contribution in [0.3, 0.4) is 0 Å². The van der Waals surface area contributed by atoms with E-state index >= 15 is 0 Å². The lowest BCUT2D eigenvalue weighted by Gasteiger charge is -2.15. The first-order chi connectivity index (χ1) is 23.2. The quantitative estimate of drug-likeness (QED) is 0.188. The first-order valence-corrected chi connectivity index (χ1v) is 15.4. The number of nitrogens with zero attached hydrogens (tertiary/aromatic N) is 5. The van der Waals surface area contributed by atoms with Gasteiger partial charge in [-0.25, -0.2) is 15.0 Å². The monoisotopic (exact) mass is 603 g/mol. The smallest absolute Gasteiger partial charge is 0.281 e. The van der Waals surface area contributed by atoms with Gasteiger partial charge in [-0.3, -0.25) is 9.20 Å². The van der Waals surface area contributed by atoms with Gasteiger partial charge < -0.3 is 0 Å². The van der Waals surface area contributed by atoms with E-state index in [9.17, 15) is 4.79 Å². The zero-order valence-corrected chi connectivity index (χ0v) is 25.1. The Labute approximate surface area is 269 Å². The number of aromatic nitrogens is 5. The van der Waals surface area contributed by atoms with Gasteiger partial charge in [0.15, 0.2) is 17.5 Å². The molecular formula is C41H25N5O. The molecule has 9 rings (SSSR count). The number of fused-ring (bicyclic) bond motifs is 8. The van der Waals surface area contributed by atoms with E-state index < -0.39 is 0 Å². The van der Waals surface area contributed by atoms with Gasteiger partial charge >= 0.3 is 0 Å². The van der Waals surface area contributed by atoms with Gasteiger partial charge in [0.05, 0.1) is 16.4 Å². The first-order valence-electron chi connectivity index (χ1n) is 15.4. The molecule has 6 nitrogen and oxygen atoms in total. The Hall–Kier alpha value is -6.53. The van der Waals surface area contributed by atoms with Gasteiger partial charge in [-0.05, 0) is 46.8 Å². The largest absolute Gasteiger partial charge is 0.293 e. The van der Waals surface area contributed by atoms with Crippen molar-refractivity contribution in [2.75, 3.05) is 0 Å². The van der Waals surface area contributed by atoms with Crippen LogP contribution in [0.4, 0.5) is 0 Å². The molecule has 0 aliphatic rings. The maximum Gasteiger partial charge on any atom is 0.281 e. The van der Waals surface area contributed by atoms with E-state index in [1.165, 1.54) is 0 Å². The van der Waals surface area contributed by atoms with Crippen LogP contribution in [0.25, 0.3) is 83.5 Å². The maximum atomic E-state index is 13.0. The highest BCUT2D eigenvalue weighted by molar-refractivity contribution is 6.13. The molecule has 47 heavy (non-hydrogen) atoms. The van der Waals surface area contributed by atoms with E-state index in [-0.39, 0.29) is 5.56 Å². The third-order valence-corrected chi connectivity index (χ3v) is 8.64. The van der Waals surface area contributed by atoms with E-state index in [1.807, 2.05) is 115 Å². The SMILES string of the molecule is O=c1nc2c3ccccc3c3cc(-c4cccc(-c5nc(-c6ccccc6)nc(-c6ccccc6)n5)c4)ccc3n2c2ccccc12. The van der Waals surface area contributed by atoms with Gasteiger partial charge in [0.1, 0.15) is 5.65 Å². The molecule has 9 aromatic rings. The summed E-state index contributed by atoms with van der Waals surface area (Å²) in [6.07, 6.45) is 0. The van der Waals surface area contributed by atoms with E-state index in [2.05, 4.69) is 45.8 Å². The molecule has 0 saturated heterocycles. The lowest BCUT2D eigenvalue weighted by molar-refractivity contribution is 1.07. The third-order valence-electron chi connectivity index (χ3n) is 8.64. The van der Waals surface area contributed by atoms with Crippen LogP contribution in [-0.2, 0) is 0 Å². The maximum absolute atomic E-state index is 13.0. The van der Waals surface area contributed by atoms with Crippen molar-refractivity contribution in [1.29, 1.82) is 0 Å². The van der Waals surface area contributed by atoms with Crippen molar-refractivity contribution < 1.29 is 0 Å². The van der Waals surface area contributed by atoms with Crippen LogP contribution >= 0.6 is 0 Å². The summed E-state index contributed by atoms with van der Waals surface area (Å²) < 4.78 is 2.11. The standard InChI is InChI=1S/C41H25N5O/c47-41-33-20-9-10-21-35(33)46-36-23-22-29(25-34(36)31-18-7-8-19-32(31)40(46)45-41)28-16-11-17-30(24-28)39-43-37(26-12-3-1-4-13-26)42-38(44-39)27-14-5-2-6-15-27/h1-25H. The molecule has 0 bridgehead atoms. The molecule has 0 saturated carbocycles. The van der Waals surface area contributed by atoms with Crippen LogP contribution in [0.2, 0.25) is 0 Å². The van der Waals surface area contributed by atoms with Crippen molar-refractivity contribution in [1.82, 2.24) is 24.3 Å². The van der Waals surface area contributed by atoms with Crippen molar-refractivity contribution >= 4 is 38.2 Å². The minimum atomic E-state index is -0.220. The summed E-state index contributed by atoms with van der Waals surface area (Å²) in [6.45, 7) is 0. The first kappa shape index (κ1) is 26.8. The molecule has 0 amide bonds. The molecule has 0 spiro atoms. The summed E-state index contributed by atoms with van der Waals surface area (Å²) in [5.41, 5.74) is 7.12. The molecule has 0 radical (unpaired) electrons. The number of hydrogen-bond acceptors (Lipinski definition) is 5. The van der Waals surface area contributed by atoms with E-state index in [1.54, 1.807) is 0 Å². The number of rotatable bonds is 4. The molecule has 0 fully saturated rings. The van der Waals surface area contributed by atoms with Gasteiger partial charge in [0, 0.05) is 27.5 Å². The molecule has 0 aliphatic heterocycles. The zero-order valence-electron chi connectivity index (χ0n) is 25.1. The molecule has 0 N–H and O–H groups in total. The highest BCUT2D eigenvalue weighted by Crippen LogP contribution is 2.34. The number of pyridine rings is 1. The van der Waals surface area contributed by atoms with Crippen LogP contribution in [0, 0.1) is 0 Å². The highest BCUT2D eigenvalue weighted by Gasteiger charge is 2.16. The van der Waals surface area contributed by atoms with Crippen LogP contribution in [0.1, 0.15) is 0 Å². The minimum absolute atomic E-state index is 0.220. The molecule has 0 atom stereocenters. The lowest BCUT2D eigenvalue weighted by Crippen LogP contribution is -2.11. The lowest BCUT2D eigenvalue weighted by atomic mass is 9.98. The number of benzene rings is 6. The second-order valence-electron chi connectivity index (χ2n) is 11.5. The Balaban J connectivity index is 1.24. The topological polar surface area (TPSA) is 73.0 Å². The van der Waals surface area contributed by atoms with E-state index in [4.69, 9.17) is 15.0 Å². The average Bonchev–Trinajstić information content (AvgIpc) is 3.15. The van der Waals surface area contributed by atoms with Gasteiger partial charge in [-0.15, -0.1) is 0 Å². The van der Waals surface area contributed by atoms with Crippen LogP contribution in [-0.4, -0.2) is 24.3 Å². The minimum Gasteiger partial charge on any atom is -0.293 e. The van der Waals surface area contributed by atoms with E-state index in [0.29, 0.717) is 28.5 Å². The zero-order chi connectivity index (χ0) is 31.3. The second kappa shape index (κ2) is 10.8. The molecule has 6 aromatic carbocycles. The fourth-order valence-corrected chi connectivity index (χ4v) is 6.41. The molecule has 220 valence electrons. The van der Waals surface area contributed by atoms with Gasteiger partial charge in [0.2, 0.25) is 0 Å². The molecule has 3 heterocycles. The van der Waals surface area contributed by atoms with Gasteiger partial charge in [0.25, 0.3) is 5.56 Å². The highest BCUT2D eigenvalue weighted by atomic mass is 16.1. The van der Waals surface area contributed by atoms with E-state index in [0.717, 1.165) is 55.0 Å². The average molecular weight is 604 g/mol. The van der Waals surface area contributed by atoms with Crippen molar-refractivity contribution in [2.24, 2.45) is 0 Å². The van der Waals surface area contributed by atoms with Crippen molar-refractivity contribution in [2.45, 2.75) is 0 Å². The van der Waals surface area contributed by atoms with Crippen molar-refractivity contribution in [3.8, 4) is 45.3 Å². The molecule has 0 unspecified atom stereocenters. The fourth-order valence-electron chi connectivity index (χ4n) is 6.41. The van der Waals surface area contributed by atoms with Crippen molar-refractivity contribution in [3.05, 3.63) is 162 Å². The Morgan fingerprint density at radius 1 is 0.362 bits per heavy atom. The summed E-state index contributed by atoms with van der Waals surface area (Å²) in [5.74, 6) is 1.87. The predicted molar refractivity (Wildman–Crippen MR) is 189 cm³/mol. The number of hydrogen-bond donors (Lipinski definition) is 0. The Morgan fingerprint density at radius 3 is 1.57 bits per heavy atom. The fraction of sp³-hybridized carbons (Fsp3) is 0.